The lowest BCUT2D eigenvalue weighted by atomic mass is 10.1. The molecule has 0 aliphatic rings. The summed E-state index contributed by atoms with van der Waals surface area (Å²) in [5.74, 6) is 0.234. The zero-order valence-electron chi connectivity index (χ0n) is 13.1. The highest BCUT2D eigenvalue weighted by Crippen LogP contribution is 2.14. The van der Waals surface area contributed by atoms with Gasteiger partial charge in [-0.3, -0.25) is 9.48 Å². The molecule has 2 aromatic rings. The van der Waals surface area contributed by atoms with Gasteiger partial charge in [-0.2, -0.15) is 5.10 Å². The van der Waals surface area contributed by atoms with Crippen LogP contribution in [-0.2, 0) is 6.54 Å². The lowest BCUT2D eigenvalue weighted by Crippen LogP contribution is -2.30. The molecule has 21 heavy (non-hydrogen) atoms. The van der Waals surface area contributed by atoms with Gasteiger partial charge in [0.1, 0.15) is 5.69 Å². The van der Waals surface area contributed by atoms with E-state index in [0.29, 0.717) is 24.7 Å². The van der Waals surface area contributed by atoms with E-state index >= 15 is 0 Å². The van der Waals surface area contributed by atoms with E-state index in [4.69, 9.17) is 0 Å². The van der Waals surface area contributed by atoms with Crippen LogP contribution in [0.4, 0.5) is 0 Å². The van der Waals surface area contributed by atoms with Crippen molar-refractivity contribution in [2.75, 3.05) is 6.54 Å². The number of carbonyl (C=O) groups is 1. The topological polar surface area (TPSA) is 64.7 Å². The third-order valence-electron chi connectivity index (χ3n) is 3.51. The van der Waals surface area contributed by atoms with Crippen molar-refractivity contribution in [3.63, 3.8) is 0 Å². The molecule has 6 heteroatoms. The Bertz CT molecular complexity index is 585. The lowest BCUT2D eigenvalue weighted by Gasteiger charge is -2.14. The van der Waals surface area contributed by atoms with E-state index in [1.54, 1.807) is 17.2 Å². The van der Waals surface area contributed by atoms with Crippen LogP contribution >= 0.6 is 0 Å². The minimum atomic E-state index is -0.0804. The van der Waals surface area contributed by atoms with Gasteiger partial charge in [0.2, 0.25) is 0 Å². The molecule has 1 atom stereocenters. The Kier molecular flexibility index (Phi) is 4.77. The van der Waals surface area contributed by atoms with Crippen LogP contribution in [0.1, 0.15) is 55.8 Å². The molecule has 0 saturated carbocycles. The predicted octanol–water partition coefficient (Wildman–Crippen LogP) is 2.21. The Morgan fingerprint density at radius 2 is 2.14 bits per heavy atom. The van der Waals surface area contributed by atoms with Gasteiger partial charge in [0.25, 0.3) is 5.91 Å². The summed E-state index contributed by atoms with van der Waals surface area (Å²) in [6.45, 7) is 9.42. The molecule has 114 valence electrons. The van der Waals surface area contributed by atoms with Gasteiger partial charge in [-0.05, 0) is 25.8 Å². The molecule has 0 radical (unpaired) electrons. The molecule has 0 aliphatic carbocycles. The SMILES string of the molecule is CCn1nc(C(C)C)cc1C(=O)NC[C@H](C)n1ccnc1. The van der Waals surface area contributed by atoms with E-state index in [9.17, 15) is 4.79 Å². The van der Waals surface area contributed by atoms with Crippen LogP contribution in [0.5, 0.6) is 0 Å². The maximum atomic E-state index is 12.3. The standard InChI is InChI=1S/C15H23N5O/c1-5-20-14(8-13(18-20)11(2)3)15(21)17-9-12(4)19-7-6-16-10-19/h6-8,10-12H,5,9H2,1-4H3,(H,17,21)/t12-/m0/s1. The van der Waals surface area contributed by atoms with Gasteiger partial charge in [0.15, 0.2) is 0 Å². The number of rotatable bonds is 6. The monoisotopic (exact) mass is 289 g/mol. The Morgan fingerprint density at radius 1 is 1.38 bits per heavy atom. The third kappa shape index (κ3) is 3.51. The average Bonchev–Trinajstić information content (AvgIpc) is 3.12. The highest BCUT2D eigenvalue weighted by molar-refractivity contribution is 5.92. The van der Waals surface area contributed by atoms with Crippen LogP contribution < -0.4 is 5.32 Å². The van der Waals surface area contributed by atoms with Gasteiger partial charge < -0.3 is 9.88 Å². The van der Waals surface area contributed by atoms with Crippen molar-refractivity contribution < 1.29 is 4.79 Å². The summed E-state index contributed by atoms with van der Waals surface area (Å²) in [7, 11) is 0. The Morgan fingerprint density at radius 3 is 2.71 bits per heavy atom. The van der Waals surface area contributed by atoms with E-state index in [0.717, 1.165) is 5.69 Å². The van der Waals surface area contributed by atoms with E-state index in [2.05, 4.69) is 29.2 Å². The van der Waals surface area contributed by atoms with Gasteiger partial charge in [0.05, 0.1) is 12.0 Å². The quantitative estimate of drug-likeness (QED) is 0.886. The molecule has 0 aromatic carbocycles. The van der Waals surface area contributed by atoms with Gasteiger partial charge in [-0.25, -0.2) is 4.98 Å². The van der Waals surface area contributed by atoms with Crippen molar-refractivity contribution >= 4 is 5.91 Å². The average molecular weight is 289 g/mol. The summed E-state index contributed by atoms with van der Waals surface area (Å²) < 4.78 is 3.73. The van der Waals surface area contributed by atoms with Crippen molar-refractivity contribution in [3.05, 3.63) is 36.2 Å². The number of carbonyl (C=O) groups excluding carboxylic acids is 1. The molecule has 0 fully saturated rings. The van der Waals surface area contributed by atoms with Crippen LogP contribution in [0.15, 0.2) is 24.8 Å². The van der Waals surface area contributed by atoms with Gasteiger partial charge in [-0.15, -0.1) is 0 Å². The fraction of sp³-hybridized carbons (Fsp3) is 0.533. The van der Waals surface area contributed by atoms with E-state index < -0.39 is 0 Å². The van der Waals surface area contributed by atoms with Crippen molar-refractivity contribution in [2.24, 2.45) is 0 Å². The molecular weight excluding hydrogens is 266 g/mol. The summed E-state index contributed by atoms with van der Waals surface area (Å²) >= 11 is 0. The van der Waals surface area contributed by atoms with Crippen LogP contribution in [-0.4, -0.2) is 31.8 Å². The largest absolute Gasteiger partial charge is 0.349 e. The van der Waals surface area contributed by atoms with Gasteiger partial charge in [-0.1, -0.05) is 13.8 Å². The lowest BCUT2D eigenvalue weighted by molar-refractivity contribution is 0.0938. The maximum absolute atomic E-state index is 12.3. The molecule has 0 saturated heterocycles. The number of imidazole rings is 1. The first-order valence-electron chi connectivity index (χ1n) is 7.36. The summed E-state index contributed by atoms with van der Waals surface area (Å²) in [5, 5.41) is 7.43. The van der Waals surface area contributed by atoms with Crippen LogP contribution in [0.25, 0.3) is 0 Å². The zero-order chi connectivity index (χ0) is 15.4. The predicted molar refractivity (Wildman–Crippen MR) is 81.3 cm³/mol. The normalized spacial score (nSPS) is 12.6. The molecular formula is C15H23N5O. The summed E-state index contributed by atoms with van der Waals surface area (Å²) in [4.78, 5) is 16.4. The number of nitrogens with one attached hydrogen (secondary N) is 1. The van der Waals surface area contributed by atoms with Crippen LogP contribution in [0.3, 0.4) is 0 Å². The Balaban J connectivity index is 2.03. The smallest absolute Gasteiger partial charge is 0.269 e. The number of hydrogen-bond donors (Lipinski definition) is 1. The fourth-order valence-electron chi connectivity index (χ4n) is 2.11. The molecule has 0 aliphatic heterocycles. The number of amides is 1. The molecule has 0 bridgehead atoms. The van der Waals surface area contributed by atoms with Crippen molar-refractivity contribution in [3.8, 4) is 0 Å². The minimum absolute atomic E-state index is 0.0804. The zero-order valence-corrected chi connectivity index (χ0v) is 13.1. The molecule has 2 aromatic heterocycles. The molecule has 1 amide bonds. The summed E-state index contributed by atoms with van der Waals surface area (Å²) in [6.07, 6.45) is 5.38. The minimum Gasteiger partial charge on any atom is -0.349 e. The number of aryl methyl sites for hydroxylation is 1. The highest BCUT2D eigenvalue weighted by Gasteiger charge is 2.16. The fourth-order valence-corrected chi connectivity index (χ4v) is 2.11. The first kappa shape index (κ1) is 15.3. The molecule has 2 heterocycles. The maximum Gasteiger partial charge on any atom is 0.269 e. The third-order valence-corrected chi connectivity index (χ3v) is 3.51. The van der Waals surface area contributed by atoms with E-state index in [1.807, 2.05) is 30.7 Å². The van der Waals surface area contributed by atoms with Crippen LogP contribution in [0, 0.1) is 0 Å². The summed E-state index contributed by atoms with van der Waals surface area (Å²) in [6, 6.07) is 2.05. The highest BCUT2D eigenvalue weighted by atomic mass is 16.2. The van der Waals surface area contributed by atoms with Crippen molar-refractivity contribution in [1.29, 1.82) is 0 Å². The van der Waals surface area contributed by atoms with Crippen LogP contribution in [0.2, 0.25) is 0 Å². The first-order valence-corrected chi connectivity index (χ1v) is 7.36. The molecule has 2 rings (SSSR count). The molecule has 1 N–H and O–H groups in total. The second kappa shape index (κ2) is 6.56. The first-order chi connectivity index (χ1) is 10.0. The Labute approximate surface area is 125 Å². The second-order valence-corrected chi connectivity index (χ2v) is 5.49. The van der Waals surface area contributed by atoms with Gasteiger partial charge in [0, 0.05) is 31.5 Å². The number of aromatic nitrogens is 4. The number of hydrogen-bond acceptors (Lipinski definition) is 3. The van der Waals surface area contributed by atoms with Crippen molar-refractivity contribution in [2.45, 2.75) is 46.2 Å². The molecule has 0 spiro atoms. The second-order valence-electron chi connectivity index (χ2n) is 5.49. The van der Waals surface area contributed by atoms with Crippen molar-refractivity contribution in [1.82, 2.24) is 24.6 Å². The molecule has 6 nitrogen and oxygen atoms in total. The number of nitrogens with zero attached hydrogens (tertiary/aromatic N) is 4. The van der Waals surface area contributed by atoms with E-state index in [-0.39, 0.29) is 11.9 Å². The van der Waals surface area contributed by atoms with E-state index in [1.165, 1.54) is 0 Å². The van der Waals surface area contributed by atoms with Gasteiger partial charge >= 0.3 is 0 Å². The molecule has 0 unspecified atom stereocenters. The summed E-state index contributed by atoms with van der Waals surface area (Å²) in [5.41, 5.74) is 1.57. The Hall–Kier alpha value is -2.11.